The molecule has 0 aromatic heterocycles. The van der Waals surface area contributed by atoms with Gasteiger partial charge < -0.3 is 9.47 Å². The third-order valence-corrected chi connectivity index (χ3v) is 3.69. The van der Waals surface area contributed by atoms with Crippen molar-refractivity contribution in [1.82, 2.24) is 0 Å². The number of alkyl halides is 2. The number of rotatable bonds is 6. The second-order valence-electron chi connectivity index (χ2n) is 3.41. The molecule has 0 heterocycles. The highest BCUT2D eigenvalue weighted by Gasteiger charge is 2.10. The quantitative estimate of drug-likeness (QED) is 0.576. The lowest BCUT2D eigenvalue weighted by Crippen LogP contribution is -2.12. The molecule has 0 aliphatic carbocycles. The predicted molar refractivity (Wildman–Crippen MR) is 73.2 cm³/mol. The van der Waals surface area contributed by atoms with Crippen LogP contribution in [-0.2, 0) is 0 Å². The molecule has 0 saturated heterocycles. The molecule has 0 N–H and O–H groups in total. The van der Waals surface area contributed by atoms with E-state index in [-0.39, 0.29) is 0 Å². The molecular formula is C11H16Cl2O2Si. The summed E-state index contributed by atoms with van der Waals surface area (Å²) in [5, 5.41) is 1.31. The highest BCUT2D eigenvalue weighted by atomic mass is 35.5. The zero-order valence-corrected chi connectivity index (χ0v) is 13.1. The molecule has 0 aliphatic rings. The van der Waals surface area contributed by atoms with Crippen LogP contribution in [-0.4, -0.2) is 35.2 Å². The molecule has 0 atom stereocenters. The van der Waals surface area contributed by atoms with E-state index in [9.17, 15) is 0 Å². The average Bonchev–Trinajstić information content (AvgIpc) is 2.29. The van der Waals surface area contributed by atoms with Gasteiger partial charge in [-0.05, 0) is 18.6 Å². The summed E-state index contributed by atoms with van der Waals surface area (Å²) < 4.78 is 11.2. The summed E-state index contributed by atoms with van der Waals surface area (Å²) in [7, 11) is 0.992. The van der Waals surface area contributed by atoms with Crippen molar-refractivity contribution in [2.45, 2.75) is 6.92 Å². The molecule has 0 spiro atoms. The van der Waals surface area contributed by atoms with E-state index in [0.717, 1.165) is 27.3 Å². The Morgan fingerprint density at radius 2 is 1.75 bits per heavy atom. The molecule has 5 heteroatoms. The summed E-state index contributed by atoms with van der Waals surface area (Å²) in [4.78, 5) is 0. The first-order valence-corrected chi connectivity index (χ1v) is 7.25. The Kier molecular flexibility index (Phi) is 6.02. The van der Waals surface area contributed by atoms with E-state index in [2.05, 4.69) is 6.07 Å². The zero-order chi connectivity index (χ0) is 12.0. The van der Waals surface area contributed by atoms with Crippen LogP contribution in [0.15, 0.2) is 12.1 Å². The van der Waals surface area contributed by atoms with Gasteiger partial charge in [-0.1, -0.05) is 11.3 Å². The molecule has 1 aromatic carbocycles. The Labute approximate surface area is 109 Å². The number of halogens is 2. The Morgan fingerprint density at radius 1 is 1.12 bits per heavy atom. The molecule has 90 valence electrons. The number of ether oxygens (including phenoxy) is 2. The van der Waals surface area contributed by atoms with Crippen LogP contribution >= 0.6 is 23.2 Å². The third-order valence-electron chi connectivity index (χ3n) is 2.30. The molecule has 0 saturated carbocycles. The van der Waals surface area contributed by atoms with Gasteiger partial charge in [0.05, 0.1) is 11.8 Å². The van der Waals surface area contributed by atoms with E-state index in [0.29, 0.717) is 25.0 Å². The molecule has 0 radical (unpaired) electrons. The average molecular weight is 279 g/mol. The van der Waals surface area contributed by atoms with Gasteiger partial charge in [0.15, 0.2) is 11.5 Å². The summed E-state index contributed by atoms with van der Waals surface area (Å²) in [6.45, 7) is 3.02. The first kappa shape index (κ1) is 13.7. The lowest BCUT2D eigenvalue weighted by molar-refractivity contribution is 0.289. The second-order valence-corrected chi connectivity index (χ2v) is 5.24. The van der Waals surface area contributed by atoms with Gasteiger partial charge in [0.1, 0.15) is 13.2 Å². The minimum atomic E-state index is 0.469. The maximum absolute atomic E-state index is 5.62. The lowest BCUT2D eigenvalue weighted by atomic mass is 10.2. The molecule has 1 aromatic rings. The molecule has 0 aliphatic heterocycles. The normalized spacial score (nSPS) is 10.4. The van der Waals surface area contributed by atoms with Crippen molar-refractivity contribution in [1.29, 1.82) is 0 Å². The minimum Gasteiger partial charge on any atom is -0.488 e. The fourth-order valence-corrected chi connectivity index (χ4v) is 1.90. The van der Waals surface area contributed by atoms with Gasteiger partial charge in [-0.15, -0.1) is 23.2 Å². The number of benzene rings is 1. The van der Waals surface area contributed by atoms with Crippen molar-refractivity contribution in [2.75, 3.05) is 25.0 Å². The van der Waals surface area contributed by atoms with Gasteiger partial charge in [0.25, 0.3) is 0 Å². The predicted octanol–water partition coefficient (Wildman–Crippen LogP) is 1.22. The van der Waals surface area contributed by atoms with E-state index in [1.807, 2.05) is 13.0 Å². The highest BCUT2D eigenvalue weighted by molar-refractivity contribution is 6.33. The summed E-state index contributed by atoms with van der Waals surface area (Å²) in [6, 6.07) is 4.00. The number of hydrogen-bond donors (Lipinski definition) is 0. The Balaban J connectivity index is 2.91. The van der Waals surface area contributed by atoms with Gasteiger partial charge in [-0.3, -0.25) is 0 Å². The topological polar surface area (TPSA) is 18.5 Å². The second kappa shape index (κ2) is 7.04. The van der Waals surface area contributed by atoms with Crippen LogP contribution in [0.4, 0.5) is 0 Å². The van der Waals surface area contributed by atoms with Crippen LogP contribution in [0.5, 0.6) is 11.5 Å². The van der Waals surface area contributed by atoms with Crippen LogP contribution in [0.3, 0.4) is 0 Å². The molecule has 0 fully saturated rings. The molecule has 0 amide bonds. The van der Waals surface area contributed by atoms with E-state index in [1.54, 1.807) is 0 Å². The van der Waals surface area contributed by atoms with Crippen LogP contribution in [0.2, 0.25) is 0 Å². The Hall–Kier alpha value is -0.383. The van der Waals surface area contributed by atoms with Crippen molar-refractivity contribution < 1.29 is 9.47 Å². The van der Waals surface area contributed by atoms with E-state index in [1.165, 1.54) is 5.19 Å². The van der Waals surface area contributed by atoms with Crippen LogP contribution in [0.1, 0.15) is 5.56 Å². The monoisotopic (exact) mass is 278 g/mol. The molecule has 0 unspecified atom stereocenters. The molecule has 0 bridgehead atoms. The largest absolute Gasteiger partial charge is 0.488 e. The summed E-state index contributed by atoms with van der Waals surface area (Å²) in [5.74, 6) is 2.50. The van der Waals surface area contributed by atoms with Crippen LogP contribution in [0, 0.1) is 6.92 Å². The first-order chi connectivity index (χ1) is 7.70. The maximum Gasteiger partial charge on any atom is 0.163 e. The van der Waals surface area contributed by atoms with E-state index in [4.69, 9.17) is 32.7 Å². The highest BCUT2D eigenvalue weighted by Crippen LogP contribution is 2.29. The van der Waals surface area contributed by atoms with Gasteiger partial charge in [0, 0.05) is 10.2 Å². The minimum absolute atomic E-state index is 0.469. The summed E-state index contributed by atoms with van der Waals surface area (Å²) >= 11 is 11.2. The standard InChI is InChI=1S/C11H16Cl2O2Si/c1-8-10(16)3-2-9(14-6-4-12)11(8)15-7-5-13/h2-3H,4-7H2,1,16H3. The van der Waals surface area contributed by atoms with Crippen molar-refractivity contribution >= 4 is 38.6 Å². The first-order valence-electron chi connectivity index (χ1n) is 5.18. The van der Waals surface area contributed by atoms with Gasteiger partial charge in [-0.25, -0.2) is 0 Å². The summed E-state index contributed by atoms with van der Waals surface area (Å²) in [6.07, 6.45) is 0. The van der Waals surface area contributed by atoms with Crippen molar-refractivity contribution in [3.05, 3.63) is 17.7 Å². The van der Waals surface area contributed by atoms with E-state index < -0.39 is 0 Å². The molecule has 1 rings (SSSR count). The zero-order valence-electron chi connectivity index (χ0n) is 9.56. The van der Waals surface area contributed by atoms with Crippen LogP contribution in [0.25, 0.3) is 0 Å². The smallest absolute Gasteiger partial charge is 0.163 e. The Morgan fingerprint density at radius 3 is 2.38 bits per heavy atom. The third kappa shape index (κ3) is 3.58. The molecular weight excluding hydrogens is 263 g/mol. The molecule has 16 heavy (non-hydrogen) atoms. The summed E-state index contributed by atoms with van der Waals surface area (Å²) in [5.41, 5.74) is 1.14. The van der Waals surface area contributed by atoms with Crippen molar-refractivity contribution in [3.63, 3.8) is 0 Å². The lowest BCUT2D eigenvalue weighted by Gasteiger charge is -2.15. The van der Waals surface area contributed by atoms with Gasteiger partial charge in [-0.2, -0.15) is 0 Å². The maximum atomic E-state index is 5.62. The Bertz CT molecular complexity index is 345. The van der Waals surface area contributed by atoms with Crippen LogP contribution < -0.4 is 14.7 Å². The van der Waals surface area contributed by atoms with Gasteiger partial charge >= 0.3 is 0 Å². The van der Waals surface area contributed by atoms with E-state index >= 15 is 0 Å². The number of hydrogen-bond acceptors (Lipinski definition) is 2. The SMILES string of the molecule is Cc1c([SiH3])ccc(OCCCl)c1OCCCl. The fourth-order valence-electron chi connectivity index (χ4n) is 1.35. The molecule has 2 nitrogen and oxygen atoms in total. The van der Waals surface area contributed by atoms with Gasteiger partial charge in [0.2, 0.25) is 0 Å². The van der Waals surface area contributed by atoms with Crippen molar-refractivity contribution in [3.8, 4) is 11.5 Å². The van der Waals surface area contributed by atoms with Crippen molar-refractivity contribution in [2.24, 2.45) is 0 Å². The fraction of sp³-hybridized carbons (Fsp3) is 0.455.